The Hall–Kier alpha value is -4.38. The molecule has 6 rings (SSSR count). The van der Waals surface area contributed by atoms with Gasteiger partial charge in [-0.3, -0.25) is 10.1 Å². The SMILES string of the molecule is O=[N+]([O-])[C@H]1[C@H](c2c(-c3ccccc3)[nH]c3ccccc23)c2ccccc2O[C@H]1c1ccccc1. The molecule has 4 aromatic carbocycles. The van der Waals surface area contributed by atoms with Crippen molar-refractivity contribution in [1.82, 2.24) is 4.98 Å². The number of aromatic amines is 1. The topological polar surface area (TPSA) is 68.2 Å². The van der Waals surface area contributed by atoms with Crippen molar-refractivity contribution in [2.24, 2.45) is 0 Å². The lowest BCUT2D eigenvalue weighted by Gasteiger charge is -2.35. The molecule has 34 heavy (non-hydrogen) atoms. The summed E-state index contributed by atoms with van der Waals surface area (Å²) >= 11 is 0. The number of fused-ring (bicyclic) bond motifs is 2. The van der Waals surface area contributed by atoms with Gasteiger partial charge >= 0.3 is 0 Å². The molecular formula is C29H22N2O3. The molecule has 166 valence electrons. The van der Waals surface area contributed by atoms with Crippen LogP contribution in [0.25, 0.3) is 22.2 Å². The fourth-order valence-electron chi connectivity index (χ4n) is 5.20. The minimum absolute atomic E-state index is 0.172. The zero-order chi connectivity index (χ0) is 23.1. The Kier molecular flexibility index (Phi) is 4.88. The molecule has 0 fully saturated rings. The van der Waals surface area contributed by atoms with Crippen molar-refractivity contribution in [2.45, 2.75) is 18.1 Å². The highest BCUT2D eigenvalue weighted by molar-refractivity contribution is 5.92. The van der Waals surface area contributed by atoms with Crippen molar-refractivity contribution >= 4 is 10.9 Å². The first kappa shape index (κ1) is 20.2. The van der Waals surface area contributed by atoms with E-state index in [1.54, 1.807) is 0 Å². The number of H-pyrrole nitrogens is 1. The fraction of sp³-hybridized carbons (Fsp3) is 0.103. The third kappa shape index (κ3) is 3.25. The monoisotopic (exact) mass is 446 g/mol. The lowest BCUT2D eigenvalue weighted by molar-refractivity contribution is -0.538. The molecule has 0 aliphatic carbocycles. The fourth-order valence-corrected chi connectivity index (χ4v) is 5.20. The van der Waals surface area contributed by atoms with Crippen LogP contribution >= 0.6 is 0 Å². The molecular weight excluding hydrogens is 424 g/mol. The average molecular weight is 447 g/mol. The van der Waals surface area contributed by atoms with Gasteiger partial charge in [0.25, 0.3) is 6.04 Å². The van der Waals surface area contributed by atoms with E-state index in [4.69, 9.17) is 4.74 Å². The van der Waals surface area contributed by atoms with E-state index < -0.39 is 18.1 Å². The Labute approximate surface area is 196 Å². The normalized spacial score (nSPS) is 19.4. The minimum Gasteiger partial charge on any atom is -0.478 e. The number of nitrogens with one attached hydrogen (secondary N) is 1. The average Bonchev–Trinajstić information content (AvgIpc) is 3.28. The molecule has 5 nitrogen and oxygen atoms in total. The van der Waals surface area contributed by atoms with Gasteiger partial charge in [0.05, 0.1) is 11.6 Å². The second kappa shape index (κ2) is 8.19. The van der Waals surface area contributed by atoms with Crippen LogP contribution in [0.1, 0.15) is 28.7 Å². The maximum Gasteiger partial charge on any atom is 0.264 e. The maximum atomic E-state index is 12.8. The van der Waals surface area contributed by atoms with E-state index in [-0.39, 0.29) is 4.92 Å². The maximum absolute atomic E-state index is 12.8. The minimum atomic E-state index is -1.00. The summed E-state index contributed by atoms with van der Waals surface area (Å²) in [5.74, 6) is 0.181. The molecule has 0 unspecified atom stereocenters. The first-order valence-corrected chi connectivity index (χ1v) is 11.3. The van der Waals surface area contributed by atoms with Gasteiger partial charge in [0.15, 0.2) is 6.10 Å². The van der Waals surface area contributed by atoms with Crippen LogP contribution in [0.4, 0.5) is 0 Å². The van der Waals surface area contributed by atoms with E-state index >= 15 is 0 Å². The van der Waals surface area contributed by atoms with E-state index in [2.05, 4.69) is 4.98 Å². The van der Waals surface area contributed by atoms with Gasteiger partial charge in [-0.15, -0.1) is 0 Å². The molecule has 2 heterocycles. The number of nitro groups is 1. The van der Waals surface area contributed by atoms with Gasteiger partial charge in [-0.05, 0) is 23.3 Å². The summed E-state index contributed by atoms with van der Waals surface area (Å²) in [6.45, 7) is 0. The highest BCUT2D eigenvalue weighted by Gasteiger charge is 2.49. The molecule has 5 heteroatoms. The molecule has 0 spiro atoms. The van der Waals surface area contributed by atoms with Crippen LogP contribution < -0.4 is 4.74 Å². The van der Waals surface area contributed by atoms with E-state index in [1.807, 2.05) is 109 Å². The van der Waals surface area contributed by atoms with Crippen molar-refractivity contribution in [2.75, 3.05) is 0 Å². The molecule has 1 aromatic heterocycles. The van der Waals surface area contributed by atoms with Gasteiger partial charge in [0.2, 0.25) is 0 Å². The third-order valence-corrected chi connectivity index (χ3v) is 6.65. The highest BCUT2D eigenvalue weighted by atomic mass is 16.6. The molecule has 1 aliphatic heterocycles. The number of para-hydroxylation sites is 2. The number of hydrogen-bond acceptors (Lipinski definition) is 3. The quantitative estimate of drug-likeness (QED) is 0.245. The van der Waals surface area contributed by atoms with E-state index in [1.165, 1.54) is 0 Å². The summed E-state index contributed by atoms with van der Waals surface area (Å²) in [5.41, 5.74) is 5.42. The van der Waals surface area contributed by atoms with Crippen LogP contribution in [0.15, 0.2) is 109 Å². The number of ether oxygens (including phenoxy) is 1. The number of rotatable bonds is 4. The van der Waals surface area contributed by atoms with Crippen LogP contribution in [0.3, 0.4) is 0 Å². The lowest BCUT2D eigenvalue weighted by Crippen LogP contribution is -2.40. The van der Waals surface area contributed by atoms with Crippen LogP contribution in [0, 0.1) is 10.1 Å². The van der Waals surface area contributed by atoms with E-state index in [0.717, 1.165) is 38.9 Å². The summed E-state index contributed by atoms with van der Waals surface area (Å²) in [6, 6.07) is 34.2. The van der Waals surface area contributed by atoms with Crippen molar-refractivity contribution in [3.05, 3.63) is 136 Å². The van der Waals surface area contributed by atoms with Gasteiger partial charge in [-0.25, -0.2) is 0 Å². The van der Waals surface area contributed by atoms with Crippen LogP contribution in [0.5, 0.6) is 5.75 Å². The van der Waals surface area contributed by atoms with Crippen molar-refractivity contribution in [3.63, 3.8) is 0 Å². The van der Waals surface area contributed by atoms with Gasteiger partial charge in [-0.2, -0.15) is 0 Å². The Morgan fingerprint density at radius 1 is 0.765 bits per heavy atom. The first-order valence-electron chi connectivity index (χ1n) is 11.3. The van der Waals surface area contributed by atoms with E-state index in [0.29, 0.717) is 5.75 Å². The molecule has 0 saturated carbocycles. The van der Waals surface area contributed by atoms with Crippen molar-refractivity contribution in [1.29, 1.82) is 0 Å². The summed E-state index contributed by atoms with van der Waals surface area (Å²) in [5, 5.41) is 13.7. The molecule has 0 radical (unpaired) electrons. The Morgan fingerprint density at radius 3 is 2.18 bits per heavy atom. The first-order chi connectivity index (χ1) is 16.7. The van der Waals surface area contributed by atoms with Gasteiger partial charge in [0.1, 0.15) is 5.75 Å². The summed E-state index contributed by atoms with van der Waals surface area (Å²) < 4.78 is 6.33. The molecule has 1 N–H and O–H groups in total. The van der Waals surface area contributed by atoms with Crippen LogP contribution in [0.2, 0.25) is 0 Å². The van der Waals surface area contributed by atoms with Crippen LogP contribution in [-0.2, 0) is 0 Å². The molecule has 5 aromatic rings. The predicted octanol–water partition coefficient (Wildman–Crippen LogP) is 6.75. The summed E-state index contributed by atoms with van der Waals surface area (Å²) in [6.07, 6.45) is -0.714. The summed E-state index contributed by atoms with van der Waals surface area (Å²) in [7, 11) is 0. The number of aromatic nitrogens is 1. The van der Waals surface area contributed by atoms with Crippen molar-refractivity contribution in [3.8, 4) is 17.0 Å². The molecule has 3 atom stereocenters. The largest absolute Gasteiger partial charge is 0.478 e. The van der Waals surface area contributed by atoms with Crippen LogP contribution in [-0.4, -0.2) is 15.9 Å². The van der Waals surface area contributed by atoms with Crippen molar-refractivity contribution < 1.29 is 9.66 Å². The second-order valence-electron chi connectivity index (χ2n) is 8.57. The Balaban J connectivity index is 1.67. The zero-order valence-corrected chi connectivity index (χ0v) is 18.3. The van der Waals surface area contributed by atoms with E-state index in [9.17, 15) is 10.1 Å². The zero-order valence-electron chi connectivity index (χ0n) is 18.3. The number of benzene rings is 4. The second-order valence-corrected chi connectivity index (χ2v) is 8.57. The molecule has 0 saturated heterocycles. The summed E-state index contributed by atoms with van der Waals surface area (Å²) in [4.78, 5) is 16.1. The predicted molar refractivity (Wildman–Crippen MR) is 133 cm³/mol. The molecule has 0 bridgehead atoms. The Bertz CT molecular complexity index is 1480. The smallest absolute Gasteiger partial charge is 0.264 e. The highest BCUT2D eigenvalue weighted by Crippen LogP contribution is 2.50. The molecule has 1 aliphatic rings. The van der Waals surface area contributed by atoms with Gasteiger partial charge < -0.3 is 9.72 Å². The van der Waals surface area contributed by atoms with Gasteiger partial charge in [0, 0.05) is 27.0 Å². The third-order valence-electron chi connectivity index (χ3n) is 6.65. The van der Waals surface area contributed by atoms with Gasteiger partial charge in [-0.1, -0.05) is 97.1 Å². The Morgan fingerprint density at radius 2 is 1.41 bits per heavy atom. The lowest BCUT2D eigenvalue weighted by atomic mass is 9.77. The number of hydrogen-bond donors (Lipinski definition) is 1. The standard InChI is InChI=1S/C29H22N2O3/c32-31(33)28-26(22-16-8-10-18-24(22)34-29(28)20-13-5-2-6-14-20)25-21-15-7-9-17-23(21)30-27(25)19-11-3-1-4-12-19/h1-18,26,28-30H/t26-,28-,29-/m0/s1. The molecule has 0 amide bonds. The number of nitrogens with zero attached hydrogens (tertiary/aromatic N) is 1.